The largest absolute Gasteiger partial charge is 0.504 e. The van der Waals surface area contributed by atoms with Crippen molar-refractivity contribution in [3.8, 4) is 23.0 Å². The zero-order valence-corrected chi connectivity index (χ0v) is 16.5. The van der Waals surface area contributed by atoms with Gasteiger partial charge in [0, 0.05) is 0 Å². The van der Waals surface area contributed by atoms with Gasteiger partial charge in [-0.1, -0.05) is 0 Å². The van der Waals surface area contributed by atoms with Crippen LogP contribution in [0, 0.1) is 0 Å². The van der Waals surface area contributed by atoms with Crippen molar-refractivity contribution >= 4 is 24.2 Å². The molecule has 0 spiro atoms. The van der Waals surface area contributed by atoms with E-state index in [2.05, 4.69) is 21.1 Å². The van der Waals surface area contributed by atoms with Gasteiger partial charge >= 0.3 is 11.8 Å². The van der Waals surface area contributed by atoms with Gasteiger partial charge in [-0.05, 0) is 61.4 Å². The summed E-state index contributed by atoms with van der Waals surface area (Å²) in [5, 5.41) is 26.7. The molecule has 4 N–H and O–H groups in total. The first kappa shape index (κ1) is 22.2. The third-order valence-electron chi connectivity index (χ3n) is 3.53. The van der Waals surface area contributed by atoms with E-state index in [1.165, 1.54) is 36.7 Å². The molecule has 2 rings (SSSR count). The molecule has 2 aromatic rings. The predicted octanol–water partition coefficient (Wildman–Crippen LogP) is 1.50. The van der Waals surface area contributed by atoms with Crippen LogP contribution in [0.5, 0.6) is 23.0 Å². The van der Waals surface area contributed by atoms with Crippen LogP contribution in [0.15, 0.2) is 46.6 Å². The Morgan fingerprint density at radius 3 is 1.60 bits per heavy atom. The number of rotatable bonds is 8. The van der Waals surface area contributed by atoms with Gasteiger partial charge in [-0.25, -0.2) is 10.9 Å². The summed E-state index contributed by atoms with van der Waals surface area (Å²) in [6, 6.07) is 9.05. The zero-order valence-electron chi connectivity index (χ0n) is 16.5. The molecule has 0 unspecified atom stereocenters. The molecule has 0 aliphatic carbocycles. The Labute approximate surface area is 172 Å². The minimum absolute atomic E-state index is 0.0164. The summed E-state index contributed by atoms with van der Waals surface area (Å²) in [6.45, 7) is 4.31. The summed E-state index contributed by atoms with van der Waals surface area (Å²) in [4.78, 5) is 23.5. The second-order valence-electron chi connectivity index (χ2n) is 5.72. The molecular formula is C20H22N4O6. The number of ether oxygens (including phenoxy) is 2. The molecule has 30 heavy (non-hydrogen) atoms. The average molecular weight is 414 g/mol. The van der Waals surface area contributed by atoms with Crippen molar-refractivity contribution in [3.63, 3.8) is 0 Å². The van der Waals surface area contributed by atoms with E-state index in [9.17, 15) is 19.8 Å². The maximum absolute atomic E-state index is 11.8. The molecule has 0 bridgehead atoms. The summed E-state index contributed by atoms with van der Waals surface area (Å²) in [7, 11) is 0. The minimum Gasteiger partial charge on any atom is -0.504 e. The smallest absolute Gasteiger partial charge is 0.331 e. The fraction of sp³-hybridized carbons (Fsp3) is 0.200. The van der Waals surface area contributed by atoms with Gasteiger partial charge in [0.05, 0.1) is 25.6 Å². The molecule has 158 valence electrons. The molecule has 0 saturated heterocycles. The summed E-state index contributed by atoms with van der Waals surface area (Å²) in [5.74, 6) is -1.52. The second kappa shape index (κ2) is 11.1. The first-order valence-electron chi connectivity index (χ1n) is 9.02. The van der Waals surface area contributed by atoms with E-state index in [-0.39, 0.29) is 23.0 Å². The third kappa shape index (κ3) is 6.51. The fourth-order valence-electron chi connectivity index (χ4n) is 2.20. The molecule has 10 heteroatoms. The molecule has 0 radical (unpaired) electrons. The normalized spacial score (nSPS) is 10.9. The standard InChI is InChI=1S/C20H22N4O6/c1-3-29-17-9-13(5-7-15(17)25)11-21-23-19(27)20(28)24-22-12-14-6-8-16(26)18(10-14)30-4-2/h5-12,25-26H,3-4H2,1-2H3,(H,23,27)(H,24,28)/b21-11-,22-12-. The number of nitrogens with zero attached hydrogens (tertiary/aromatic N) is 2. The summed E-state index contributed by atoms with van der Waals surface area (Å²) >= 11 is 0. The number of hydrogen-bond donors (Lipinski definition) is 4. The van der Waals surface area contributed by atoms with Gasteiger partial charge in [0.25, 0.3) is 0 Å². The van der Waals surface area contributed by atoms with Gasteiger partial charge in [0.2, 0.25) is 0 Å². The number of phenols is 2. The van der Waals surface area contributed by atoms with Crippen molar-refractivity contribution in [1.29, 1.82) is 0 Å². The third-order valence-corrected chi connectivity index (χ3v) is 3.53. The Morgan fingerprint density at radius 2 is 1.23 bits per heavy atom. The highest BCUT2D eigenvalue weighted by molar-refractivity contribution is 6.35. The maximum Gasteiger partial charge on any atom is 0.331 e. The number of hydrazone groups is 2. The minimum atomic E-state index is -1.02. The Hall–Kier alpha value is -4.08. The number of carbonyl (C=O) groups is 2. The highest BCUT2D eigenvalue weighted by Gasteiger charge is 2.11. The van der Waals surface area contributed by atoms with Gasteiger partial charge in [-0.15, -0.1) is 0 Å². The van der Waals surface area contributed by atoms with E-state index in [4.69, 9.17) is 9.47 Å². The molecule has 0 fully saturated rings. The number of carbonyl (C=O) groups excluding carboxylic acids is 2. The van der Waals surface area contributed by atoms with E-state index in [1.54, 1.807) is 26.0 Å². The number of hydrogen-bond acceptors (Lipinski definition) is 8. The van der Waals surface area contributed by atoms with Crippen LogP contribution in [-0.2, 0) is 9.59 Å². The van der Waals surface area contributed by atoms with Crippen LogP contribution >= 0.6 is 0 Å². The van der Waals surface area contributed by atoms with Crippen molar-refractivity contribution < 1.29 is 29.3 Å². The van der Waals surface area contributed by atoms with E-state index >= 15 is 0 Å². The van der Waals surface area contributed by atoms with E-state index in [0.717, 1.165) is 0 Å². The van der Waals surface area contributed by atoms with Crippen LogP contribution in [0.3, 0.4) is 0 Å². The molecule has 0 aromatic heterocycles. The Bertz CT molecular complexity index is 881. The number of amides is 2. The van der Waals surface area contributed by atoms with Crippen LogP contribution in [0.2, 0.25) is 0 Å². The fourth-order valence-corrected chi connectivity index (χ4v) is 2.20. The predicted molar refractivity (Wildman–Crippen MR) is 110 cm³/mol. The highest BCUT2D eigenvalue weighted by atomic mass is 16.5. The van der Waals surface area contributed by atoms with Crippen molar-refractivity contribution in [2.24, 2.45) is 10.2 Å². The Balaban J connectivity index is 1.88. The van der Waals surface area contributed by atoms with Crippen molar-refractivity contribution in [2.45, 2.75) is 13.8 Å². The van der Waals surface area contributed by atoms with Crippen LogP contribution in [0.25, 0.3) is 0 Å². The molecule has 0 aliphatic rings. The first-order chi connectivity index (χ1) is 14.4. The lowest BCUT2D eigenvalue weighted by molar-refractivity contribution is -0.139. The van der Waals surface area contributed by atoms with Crippen LogP contribution in [0.4, 0.5) is 0 Å². The molecule has 2 amide bonds. The summed E-state index contributed by atoms with van der Waals surface area (Å²) < 4.78 is 10.5. The van der Waals surface area contributed by atoms with Gasteiger partial charge in [0.15, 0.2) is 23.0 Å². The van der Waals surface area contributed by atoms with Gasteiger partial charge in [-0.3, -0.25) is 9.59 Å². The number of nitrogens with one attached hydrogen (secondary N) is 2. The first-order valence-corrected chi connectivity index (χ1v) is 9.02. The van der Waals surface area contributed by atoms with Gasteiger partial charge in [0.1, 0.15) is 0 Å². The molecule has 0 heterocycles. The SMILES string of the molecule is CCOc1cc(/C=N\NC(=O)C(=O)N/N=C\c2ccc(O)c(OCC)c2)ccc1O. The van der Waals surface area contributed by atoms with Crippen LogP contribution < -0.4 is 20.3 Å². The Morgan fingerprint density at radius 1 is 0.833 bits per heavy atom. The lowest BCUT2D eigenvalue weighted by Crippen LogP contribution is -2.35. The number of phenolic OH excluding ortho intramolecular Hbond substituents is 2. The van der Waals surface area contributed by atoms with Gasteiger partial charge in [-0.2, -0.15) is 10.2 Å². The monoisotopic (exact) mass is 414 g/mol. The number of benzene rings is 2. The van der Waals surface area contributed by atoms with Gasteiger partial charge < -0.3 is 19.7 Å². The van der Waals surface area contributed by atoms with Crippen LogP contribution in [0.1, 0.15) is 25.0 Å². The molecular weight excluding hydrogens is 392 g/mol. The zero-order chi connectivity index (χ0) is 21.9. The number of aromatic hydroxyl groups is 2. The van der Waals surface area contributed by atoms with E-state index in [1.807, 2.05) is 0 Å². The summed E-state index contributed by atoms with van der Waals surface area (Å²) in [6.07, 6.45) is 2.59. The summed E-state index contributed by atoms with van der Waals surface area (Å²) in [5.41, 5.74) is 5.23. The molecule has 0 atom stereocenters. The lowest BCUT2D eigenvalue weighted by atomic mass is 10.2. The molecule has 2 aromatic carbocycles. The highest BCUT2D eigenvalue weighted by Crippen LogP contribution is 2.26. The topological polar surface area (TPSA) is 142 Å². The van der Waals surface area contributed by atoms with Crippen molar-refractivity contribution in [2.75, 3.05) is 13.2 Å². The van der Waals surface area contributed by atoms with E-state index < -0.39 is 11.8 Å². The molecule has 0 saturated carbocycles. The van der Waals surface area contributed by atoms with Crippen LogP contribution in [-0.4, -0.2) is 47.7 Å². The van der Waals surface area contributed by atoms with Crippen molar-refractivity contribution in [1.82, 2.24) is 10.9 Å². The molecule has 10 nitrogen and oxygen atoms in total. The lowest BCUT2D eigenvalue weighted by Gasteiger charge is -2.06. The second-order valence-corrected chi connectivity index (χ2v) is 5.72. The van der Waals surface area contributed by atoms with Crippen molar-refractivity contribution in [3.05, 3.63) is 47.5 Å². The quantitative estimate of drug-likeness (QED) is 0.293. The Kier molecular flexibility index (Phi) is 8.18. The maximum atomic E-state index is 11.8. The molecule has 0 aliphatic heterocycles. The average Bonchev–Trinajstić information content (AvgIpc) is 2.72. The van der Waals surface area contributed by atoms with E-state index in [0.29, 0.717) is 24.3 Å².